The van der Waals surface area contributed by atoms with Crippen LogP contribution in [0.25, 0.3) is 11.4 Å². The third-order valence-electron chi connectivity index (χ3n) is 5.91. The number of carbonyl (C=O) groups excluding carboxylic acids is 2. The minimum Gasteiger partial charge on any atom is -0.486 e. The molecular formula is C26H29FN8O5. The summed E-state index contributed by atoms with van der Waals surface area (Å²) < 4.78 is 32.3. The maximum atomic E-state index is 15.0. The molecule has 0 radical (unpaired) electrons. The van der Waals surface area contributed by atoms with Gasteiger partial charge >= 0.3 is 12.1 Å². The van der Waals surface area contributed by atoms with E-state index in [4.69, 9.17) is 14.2 Å². The van der Waals surface area contributed by atoms with Crippen molar-refractivity contribution in [2.75, 3.05) is 25.5 Å². The van der Waals surface area contributed by atoms with Crippen molar-refractivity contribution in [2.24, 2.45) is 7.05 Å². The summed E-state index contributed by atoms with van der Waals surface area (Å²) in [6.07, 6.45) is 0.0667. The van der Waals surface area contributed by atoms with E-state index in [9.17, 15) is 19.2 Å². The Labute approximate surface area is 229 Å². The number of piperidine rings is 1. The number of hydrogen-bond acceptors (Lipinski definition) is 11. The van der Waals surface area contributed by atoms with E-state index in [-0.39, 0.29) is 48.3 Å². The first kappa shape index (κ1) is 28.2. The van der Waals surface area contributed by atoms with Crippen molar-refractivity contribution < 1.29 is 28.2 Å². The molecule has 0 saturated carbocycles. The number of aryl methyl sites for hydroxylation is 1. The van der Waals surface area contributed by atoms with E-state index >= 15 is 0 Å². The topological polar surface area (TPSA) is 157 Å². The molecule has 3 aromatic rings. The van der Waals surface area contributed by atoms with Crippen molar-refractivity contribution in [3.05, 3.63) is 42.0 Å². The van der Waals surface area contributed by atoms with Crippen LogP contribution in [0.4, 0.5) is 20.8 Å². The number of ether oxygens (including phenoxy) is 3. The first-order chi connectivity index (χ1) is 19.0. The number of hydrogen-bond donors (Lipinski definition) is 1. The van der Waals surface area contributed by atoms with Gasteiger partial charge in [-0.25, -0.2) is 23.9 Å². The van der Waals surface area contributed by atoms with Gasteiger partial charge in [0.05, 0.1) is 31.1 Å². The molecule has 14 heteroatoms. The number of alkyl halides is 1. The minimum atomic E-state index is -1.47. The van der Waals surface area contributed by atoms with Crippen LogP contribution in [0.3, 0.4) is 0 Å². The number of amides is 1. The van der Waals surface area contributed by atoms with Crippen molar-refractivity contribution in [2.45, 2.75) is 45.1 Å². The third kappa shape index (κ3) is 6.42. The number of anilines is 2. The zero-order valence-corrected chi connectivity index (χ0v) is 22.7. The number of methoxy groups -OCH3 is 1. The van der Waals surface area contributed by atoms with Gasteiger partial charge in [-0.15, -0.1) is 0 Å². The number of aromatic nitrogens is 5. The second-order valence-electron chi connectivity index (χ2n) is 9.99. The molecule has 2 atom stereocenters. The molecule has 3 heterocycles. The Hall–Kier alpha value is -4.80. The first-order valence-corrected chi connectivity index (χ1v) is 12.4. The number of nitrogens with zero attached hydrogens (tertiary/aromatic N) is 7. The Morgan fingerprint density at radius 1 is 1.25 bits per heavy atom. The molecule has 0 spiro atoms. The van der Waals surface area contributed by atoms with Crippen LogP contribution in [0.1, 0.15) is 43.2 Å². The molecule has 1 saturated heterocycles. The Balaban J connectivity index is 1.47. The van der Waals surface area contributed by atoms with Crippen molar-refractivity contribution in [3.8, 4) is 23.2 Å². The molecule has 40 heavy (non-hydrogen) atoms. The zero-order chi connectivity index (χ0) is 29.0. The van der Waals surface area contributed by atoms with Crippen LogP contribution in [0.2, 0.25) is 0 Å². The van der Waals surface area contributed by atoms with E-state index in [0.29, 0.717) is 11.3 Å². The van der Waals surface area contributed by atoms with Crippen LogP contribution in [0.15, 0.2) is 30.7 Å². The van der Waals surface area contributed by atoms with Gasteiger partial charge in [0.2, 0.25) is 5.95 Å². The van der Waals surface area contributed by atoms with Gasteiger partial charge < -0.3 is 24.4 Å². The normalized spacial score (nSPS) is 17.1. The molecule has 1 aromatic carbocycles. The van der Waals surface area contributed by atoms with Gasteiger partial charge in [-0.3, -0.25) is 4.68 Å². The molecule has 1 aliphatic rings. The molecule has 1 N–H and O–H groups in total. The third-order valence-corrected chi connectivity index (χ3v) is 5.91. The number of halogens is 1. The highest BCUT2D eigenvalue weighted by Gasteiger charge is 2.35. The summed E-state index contributed by atoms with van der Waals surface area (Å²) in [4.78, 5) is 38.3. The van der Waals surface area contributed by atoms with E-state index in [1.165, 1.54) is 35.3 Å². The molecule has 0 unspecified atom stereocenters. The summed E-state index contributed by atoms with van der Waals surface area (Å²) in [5.41, 5.74) is 0.492. The second-order valence-corrected chi connectivity index (χ2v) is 9.99. The number of carbonyl (C=O) groups is 2. The lowest BCUT2D eigenvalue weighted by atomic mass is 10.1. The summed E-state index contributed by atoms with van der Waals surface area (Å²) in [5.74, 6) is 0.00395. The summed E-state index contributed by atoms with van der Waals surface area (Å²) in [5, 5.41) is 16.7. The Morgan fingerprint density at radius 3 is 2.70 bits per heavy atom. The molecule has 210 valence electrons. The minimum absolute atomic E-state index is 0.138. The zero-order valence-electron chi connectivity index (χ0n) is 22.7. The summed E-state index contributed by atoms with van der Waals surface area (Å²) in [6.45, 7) is 5.33. The fourth-order valence-corrected chi connectivity index (χ4v) is 4.01. The van der Waals surface area contributed by atoms with E-state index in [2.05, 4.69) is 31.4 Å². The molecule has 0 aliphatic carbocycles. The molecular weight excluding hydrogens is 523 g/mol. The van der Waals surface area contributed by atoms with Crippen LogP contribution in [-0.2, 0) is 16.5 Å². The van der Waals surface area contributed by atoms with Crippen LogP contribution in [0.5, 0.6) is 5.75 Å². The molecule has 1 amide bonds. The molecule has 2 aromatic heterocycles. The number of nitriles is 1. The monoisotopic (exact) mass is 552 g/mol. The number of benzene rings is 1. The maximum Gasteiger partial charge on any atom is 0.410 e. The van der Waals surface area contributed by atoms with Gasteiger partial charge in [0.15, 0.2) is 17.7 Å². The van der Waals surface area contributed by atoms with Crippen molar-refractivity contribution >= 4 is 23.7 Å². The van der Waals surface area contributed by atoms with Gasteiger partial charge in [0, 0.05) is 25.6 Å². The SMILES string of the molecule is COC(=O)c1c(Nc2ncnc(-c3ccc(O[C@H]4CCN(C(=O)OC(C)(C)C)C[C@H]4F)c(C#N)c3)n2)cnn1C. The van der Waals surface area contributed by atoms with Gasteiger partial charge in [-0.1, -0.05) is 0 Å². The fourth-order valence-electron chi connectivity index (χ4n) is 4.01. The lowest BCUT2D eigenvalue weighted by molar-refractivity contribution is -0.0106. The van der Waals surface area contributed by atoms with E-state index in [1.54, 1.807) is 40.0 Å². The molecule has 1 aliphatic heterocycles. The highest BCUT2D eigenvalue weighted by Crippen LogP contribution is 2.29. The largest absolute Gasteiger partial charge is 0.486 e. The van der Waals surface area contributed by atoms with Gasteiger partial charge in [-0.05, 0) is 39.0 Å². The Morgan fingerprint density at radius 2 is 2.02 bits per heavy atom. The van der Waals surface area contributed by atoms with Crippen LogP contribution < -0.4 is 10.1 Å². The van der Waals surface area contributed by atoms with Crippen LogP contribution >= 0.6 is 0 Å². The second kappa shape index (κ2) is 11.5. The lowest BCUT2D eigenvalue weighted by Gasteiger charge is -2.35. The number of rotatable bonds is 6. The molecule has 1 fully saturated rings. The quantitative estimate of drug-likeness (QED) is 0.447. The molecule has 13 nitrogen and oxygen atoms in total. The highest BCUT2D eigenvalue weighted by molar-refractivity contribution is 5.94. The average Bonchev–Trinajstić information content (AvgIpc) is 3.28. The maximum absolute atomic E-state index is 15.0. The van der Waals surface area contributed by atoms with Crippen molar-refractivity contribution in [1.82, 2.24) is 29.6 Å². The number of esters is 1. The molecule has 0 bridgehead atoms. The van der Waals surface area contributed by atoms with E-state index < -0.39 is 29.9 Å². The van der Waals surface area contributed by atoms with E-state index in [0.717, 1.165) is 0 Å². The Kier molecular flexibility index (Phi) is 8.13. The molecule has 4 rings (SSSR count). The van der Waals surface area contributed by atoms with Gasteiger partial charge in [0.25, 0.3) is 0 Å². The standard InChI is InChI=1S/C26H29FN8O5/c1-26(2,3)40-25(37)35-9-8-20(17(27)13-35)39-19-7-6-15(10-16(19)11-28)22-29-14-30-24(33-22)32-18-12-31-34(4)21(18)23(36)38-5/h6-7,10,12,14,17,20H,8-9,13H2,1-5H3,(H,29,30,32,33)/t17-,20+/m1/s1. The van der Waals surface area contributed by atoms with Gasteiger partial charge in [0.1, 0.15) is 29.9 Å². The van der Waals surface area contributed by atoms with Crippen molar-refractivity contribution in [1.29, 1.82) is 5.26 Å². The summed E-state index contributed by atoms with van der Waals surface area (Å²) in [7, 11) is 2.86. The number of likely N-dealkylation sites (tertiary alicyclic amines) is 1. The average molecular weight is 553 g/mol. The van der Waals surface area contributed by atoms with Crippen molar-refractivity contribution in [3.63, 3.8) is 0 Å². The number of nitrogens with one attached hydrogen (secondary N) is 1. The first-order valence-electron chi connectivity index (χ1n) is 12.4. The highest BCUT2D eigenvalue weighted by atomic mass is 19.1. The predicted molar refractivity (Wildman–Crippen MR) is 140 cm³/mol. The van der Waals surface area contributed by atoms with Gasteiger partial charge in [-0.2, -0.15) is 15.3 Å². The van der Waals surface area contributed by atoms with Crippen LogP contribution in [-0.4, -0.2) is 79.8 Å². The predicted octanol–water partition coefficient (Wildman–Crippen LogP) is 3.40. The Bertz CT molecular complexity index is 1450. The van der Waals surface area contributed by atoms with Crippen LogP contribution in [0, 0.1) is 11.3 Å². The summed E-state index contributed by atoms with van der Waals surface area (Å²) in [6, 6.07) is 6.79. The van der Waals surface area contributed by atoms with E-state index in [1.807, 2.05) is 0 Å². The summed E-state index contributed by atoms with van der Waals surface area (Å²) >= 11 is 0. The lowest BCUT2D eigenvalue weighted by Crippen LogP contribution is -2.50. The fraction of sp³-hybridized carbons (Fsp3) is 0.423. The smallest absolute Gasteiger partial charge is 0.410 e.